The van der Waals surface area contributed by atoms with Crippen molar-refractivity contribution in [1.29, 1.82) is 0 Å². The van der Waals surface area contributed by atoms with E-state index in [-0.39, 0.29) is 58.0 Å². The number of nitrogens with one attached hydrogen (secondary N) is 2. The summed E-state index contributed by atoms with van der Waals surface area (Å²) in [6, 6.07) is 12.6. The highest BCUT2D eigenvalue weighted by molar-refractivity contribution is 7.92. The maximum atomic E-state index is 15.7. The Morgan fingerprint density at radius 1 is 1.00 bits per heavy atom. The number of amides is 1. The van der Waals surface area contributed by atoms with Gasteiger partial charge in [0.2, 0.25) is 15.9 Å². The van der Waals surface area contributed by atoms with Crippen LogP contribution in [0.15, 0.2) is 66.9 Å². The third-order valence-corrected chi connectivity index (χ3v) is 11.2. The second-order valence-electron chi connectivity index (χ2n) is 14.3. The molecule has 0 saturated heterocycles. The monoisotopic (exact) mass is 846 g/mol. The van der Waals surface area contributed by atoms with Gasteiger partial charge in [-0.3, -0.25) is 23.9 Å². The van der Waals surface area contributed by atoms with Crippen molar-refractivity contribution in [2.75, 3.05) is 11.0 Å². The lowest BCUT2D eigenvalue weighted by Gasteiger charge is -2.34. The number of hydrogen-bond donors (Lipinski definition) is 2. The molecule has 1 fully saturated rings. The molecule has 4 aromatic heterocycles. The first-order valence-corrected chi connectivity index (χ1v) is 19.9. The summed E-state index contributed by atoms with van der Waals surface area (Å²) in [6.45, 7) is -1.07. The summed E-state index contributed by atoms with van der Waals surface area (Å²) in [7, 11) is -2.31. The Balaban J connectivity index is 1.29. The summed E-state index contributed by atoms with van der Waals surface area (Å²) in [5, 5.41) is 10.8. The van der Waals surface area contributed by atoms with E-state index in [9.17, 15) is 35.2 Å². The minimum Gasteiger partial charge on any atom is -0.346 e. The van der Waals surface area contributed by atoms with Crippen molar-refractivity contribution < 1.29 is 43.9 Å². The summed E-state index contributed by atoms with van der Waals surface area (Å²) in [4.78, 5) is 23.3. The van der Waals surface area contributed by atoms with E-state index in [4.69, 9.17) is 16.6 Å². The summed E-state index contributed by atoms with van der Waals surface area (Å²) >= 11 is 6.59. The SMILES string of the molecule is Cn1nc(NS(C)(=O)=O)c2c(Cl)ccc(-c3ccc(-c4ccccn4)nc3C(Cc3cc(F)cc(F)c3)NC(=O)Cn3nc(C(F)(F)F)c4c3C(F)(F)C3CCC43)c21. The molecule has 0 aliphatic heterocycles. The second-order valence-corrected chi connectivity index (χ2v) is 16.4. The van der Waals surface area contributed by atoms with Crippen LogP contribution in [0.25, 0.3) is 33.4 Å². The van der Waals surface area contributed by atoms with E-state index >= 15 is 8.78 Å². The zero-order valence-electron chi connectivity index (χ0n) is 30.3. The molecule has 4 heterocycles. The fourth-order valence-corrected chi connectivity index (χ4v) is 8.72. The van der Waals surface area contributed by atoms with Crippen LogP contribution in [-0.2, 0) is 46.9 Å². The number of nitrogens with zero attached hydrogens (tertiary/aromatic N) is 6. The minimum absolute atomic E-state index is 0.00358. The fraction of sp³-hybridized carbons (Fsp3) is 0.289. The highest BCUT2D eigenvalue weighted by Gasteiger charge is 2.63. The highest BCUT2D eigenvalue weighted by atomic mass is 35.5. The molecular formula is C38H30ClF7N8O3S. The third-order valence-electron chi connectivity index (χ3n) is 10.4. The van der Waals surface area contributed by atoms with Crippen molar-refractivity contribution >= 4 is 44.3 Å². The van der Waals surface area contributed by atoms with Crippen molar-refractivity contribution in [2.45, 2.75) is 49.9 Å². The third kappa shape index (κ3) is 7.03. The smallest absolute Gasteiger partial charge is 0.346 e. The Bertz CT molecular complexity index is 2720. The van der Waals surface area contributed by atoms with Gasteiger partial charge >= 0.3 is 6.18 Å². The number of aromatic nitrogens is 6. The molecule has 3 atom stereocenters. The summed E-state index contributed by atoms with van der Waals surface area (Å²) in [5.41, 5.74) is -1.41. The van der Waals surface area contributed by atoms with Gasteiger partial charge in [-0.25, -0.2) is 22.2 Å². The number of rotatable bonds is 10. The standard InChI is InChI=1S/C38H30ClF7N8O3S/c1-53-33-22(7-10-25(39)31(33)36(51-53)52-58(2,56)57)21-8-11-27(26-5-3-4-12-47-26)49-32(21)28(15-18-13-19(40)16-20(41)14-18)48-29(55)17-54-35-30(34(50-54)38(44,45)46)23-6-9-24(23)37(35,42)43/h3-5,7-8,10-14,16,23-24,28H,6,9,15,17H2,1-2H3,(H,48,55)(H,51,52). The van der Waals surface area contributed by atoms with E-state index in [1.54, 1.807) is 36.4 Å². The van der Waals surface area contributed by atoms with Gasteiger partial charge < -0.3 is 5.32 Å². The van der Waals surface area contributed by atoms with Crippen molar-refractivity contribution in [3.63, 3.8) is 0 Å². The van der Waals surface area contributed by atoms with E-state index in [0.29, 0.717) is 27.5 Å². The molecule has 1 saturated carbocycles. The molecule has 2 N–H and O–H groups in total. The molecule has 20 heteroatoms. The first-order valence-electron chi connectivity index (χ1n) is 17.7. The number of pyridine rings is 2. The molecule has 302 valence electrons. The largest absolute Gasteiger partial charge is 0.435 e. The van der Waals surface area contributed by atoms with Crippen molar-refractivity contribution in [1.82, 2.24) is 34.8 Å². The van der Waals surface area contributed by atoms with E-state index in [2.05, 4.69) is 25.2 Å². The predicted octanol–water partition coefficient (Wildman–Crippen LogP) is 7.91. The highest BCUT2D eigenvalue weighted by Crippen LogP contribution is 2.64. The predicted molar refractivity (Wildman–Crippen MR) is 198 cm³/mol. The average molecular weight is 847 g/mol. The number of sulfonamides is 1. The van der Waals surface area contributed by atoms with Crippen molar-refractivity contribution in [2.24, 2.45) is 13.0 Å². The normalized spacial score (nSPS) is 17.8. The number of halogens is 8. The van der Waals surface area contributed by atoms with Gasteiger partial charge in [0.25, 0.3) is 5.92 Å². The molecule has 2 aliphatic rings. The number of carbonyl (C=O) groups excluding carboxylic acids is 1. The molecule has 11 nitrogen and oxygen atoms in total. The Labute approximate surface area is 330 Å². The second kappa shape index (κ2) is 14.1. The van der Waals surface area contributed by atoms with Gasteiger partial charge in [-0.2, -0.15) is 32.1 Å². The molecule has 0 radical (unpaired) electrons. The fourth-order valence-electron chi connectivity index (χ4n) is 7.98. The van der Waals surface area contributed by atoms with Gasteiger partial charge in [-0.1, -0.05) is 29.8 Å². The number of alkyl halides is 5. The van der Waals surface area contributed by atoms with Crippen molar-refractivity contribution in [3.05, 3.63) is 112 Å². The zero-order valence-corrected chi connectivity index (χ0v) is 31.8. The van der Waals surface area contributed by atoms with Crippen LogP contribution >= 0.6 is 11.6 Å². The van der Waals surface area contributed by atoms with Crippen LogP contribution in [0.4, 0.5) is 36.6 Å². The van der Waals surface area contributed by atoms with Gasteiger partial charge in [-0.15, -0.1) is 0 Å². The first kappa shape index (κ1) is 39.3. The van der Waals surface area contributed by atoms with E-state index in [1.807, 2.05) is 0 Å². The molecule has 2 aliphatic carbocycles. The van der Waals surface area contributed by atoms with Crippen LogP contribution < -0.4 is 10.0 Å². The topological polar surface area (TPSA) is 137 Å². The molecule has 6 aromatic rings. The lowest BCUT2D eigenvalue weighted by atomic mass is 9.73. The van der Waals surface area contributed by atoms with Gasteiger partial charge in [0.15, 0.2) is 11.5 Å². The molecule has 58 heavy (non-hydrogen) atoms. The molecule has 0 spiro atoms. The van der Waals surface area contributed by atoms with Gasteiger partial charge in [0.1, 0.15) is 23.9 Å². The first-order chi connectivity index (χ1) is 27.3. The summed E-state index contributed by atoms with van der Waals surface area (Å²) in [5.74, 6) is -9.16. The number of carbonyl (C=O) groups is 1. The van der Waals surface area contributed by atoms with E-state index in [0.717, 1.165) is 18.4 Å². The Morgan fingerprint density at radius 2 is 1.72 bits per heavy atom. The Morgan fingerprint density at radius 3 is 2.36 bits per heavy atom. The molecule has 8 rings (SSSR count). The van der Waals surface area contributed by atoms with Gasteiger partial charge in [-0.05, 0) is 67.1 Å². The number of fused-ring (bicyclic) bond motifs is 4. The summed E-state index contributed by atoms with van der Waals surface area (Å²) < 4.78 is 132. The number of anilines is 1. The van der Waals surface area contributed by atoms with Crippen molar-refractivity contribution in [3.8, 4) is 22.5 Å². The minimum atomic E-state index is -5.08. The van der Waals surface area contributed by atoms with Crippen LogP contribution in [0, 0.1) is 17.6 Å². The Hall–Kier alpha value is -5.56. The van der Waals surface area contributed by atoms with Crippen LogP contribution in [0.1, 0.15) is 53.0 Å². The van der Waals surface area contributed by atoms with E-state index in [1.165, 1.54) is 24.0 Å². The maximum Gasteiger partial charge on any atom is 0.435 e. The summed E-state index contributed by atoms with van der Waals surface area (Å²) in [6.07, 6.45) is -2.88. The molecule has 3 unspecified atom stereocenters. The van der Waals surface area contributed by atoms with Crippen LogP contribution in [0.3, 0.4) is 0 Å². The van der Waals surface area contributed by atoms with Crippen LogP contribution in [-0.4, -0.2) is 50.1 Å². The number of benzene rings is 2. The van der Waals surface area contributed by atoms with Crippen LogP contribution in [0.5, 0.6) is 0 Å². The Kier molecular flexibility index (Phi) is 9.53. The molecular weight excluding hydrogens is 817 g/mol. The van der Waals surface area contributed by atoms with Gasteiger partial charge in [0.05, 0.1) is 45.3 Å². The van der Waals surface area contributed by atoms with Gasteiger partial charge in [0, 0.05) is 41.9 Å². The quantitative estimate of drug-likeness (QED) is 0.134. The molecule has 1 amide bonds. The lowest BCUT2D eigenvalue weighted by molar-refractivity contribution is -0.144. The number of hydrogen-bond acceptors (Lipinski definition) is 7. The molecule has 2 aromatic carbocycles. The number of aryl methyl sites for hydroxylation is 1. The lowest BCUT2D eigenvalue weighted by Crippen LogP contribution is -2.36. The zero-order chi connectivity index (χ0) is 41.5. The van der Waals surface area contributed by atoms with E-state index < -0.39 is 81.0 Å². The molecule has 0 bridgehead atoms. The van der Waals surface area contributed by atoms with Crippen LogP contribution in [0.2, 0.25) is 5.02 Å². The maximum absolute atomic E-state index is 15.7. The average Bonchev–Trinajstić information content (AvgIpc) is 3.69.